The molecule has 0 bridgehead atoms. The molecule has 0 heterocycles. The SMILES string of the molecule is CCC1CCC(CNC2CC2)(OCC2CC2)CC1. The first kappa shape index (κ1) is 12.9. The summed E-state index contributed by atoms with van der Waals surface area (Å²) < 4.78 is 6.40. The smallest absolute Gasteiger partial charge is 0.0806 e. The summed E-state index contributed by atoms with van der Waals surface area (Å²) in [5.41, 5.74) is 0.191. The zero-order chi connectivity index (χ0) is 12.4. The molecule has 18 heavy (non-hydrogen) atoms. The number of nitrogens with one attached hydrogen (secondary N) is 1. The Balaban J connectivity index is 1.51. The van der Waals surface area contributed by atoms with Gasteiger partial charge in [0.25, 0.3) is 0 Å². The van der Waals surface area contributed by atoms with Crippen molar-refractivity contribution in [3.8, 4) is 0 Å². The van der Waals surface area contributed by atoms with E-state index in [0.29, 0.717) is 0 Å². The number of hydrogen-bond donors (Lipinski definition) is 1. The molecule has 0 aromatic rings. The molecule has 2 heteroatoms. The van der Waals surface area contributed by atoms with Crippen LogP contribution in [0.1, 0.15) is 64.7 Å². The molecule has 3 rings (SSSR count). The predicted molar refractivity (Wildman–Crippen MR) is 74.7 cm³/mol. The molecule has 104 valence electrons. The summed E-state index contributed by atoms with van der Waals surface area (Å²) in [5, 5.41) is 3.72. The molecule has 0 amide bonds. The minimum Gasteiger partial charge on any atom is -0.373 e. The monoisotopic (exact) mass is 251 g/mol. The maximum Gasteiger partial charge on any atom is 0.0806 e. The van der Waals surface area contributed by atoms with Crippen LogP contribution >= 0.6 is 0 Å². The third-order valence-electron chi connectivity index (χ3n) is 5.21. The summed E-state index contributed by atoms with van der Waals surface area (Å²) in [7, 11) is 0. The molecule has 3 aliphatic rings. The lowest BCUT2D eigenvalue weighted by Crippen LogP contribution is -2.47. The fourth-order valence-corrected chi connectivity index (χ4v) is 3.18. The summed E-state index contributed by atoms with van der Waals surface area (Å²) >= 11 is 0. The topological polar surface area (TPSA) is 21.3 Å². The third-order valence-corrected chi connectivity index (χ3v) is 5.21. The van der Waals surface area contributed by atoms with E-state index < -0.39 is 0 Å². The van der Waals surface area contributed by atoms with Gasteiger partial charge in [-0.15, -0.1) is 0 Å². The van der Waals surface area contributed by atoms with E-state index in [0.717, 1.165) is 31.0 Å². The van der Waals surface area contributed by atoms with E-state index in [2.05, 4.69) is 12.2 Å². The zero-order valence-corrected chi connectivity index (χ0v) is 11.9. The van der Waals surface area contributed by atoms with E-state index in [1.807, 2.05) is 0 Å². The molecule has 3 saturated carbocycles. The second-order valence-corrected chi connectivity index (χ2v) is 6.94. The van der Waals surface area contributed by atoms with Crippen LogP contribution in [0, 0.1) is 11.8 Å². The lowest BCUT2D eigenvalue weighted by Gasteiger charge is -2.40. The van der Waals surface area contributed by atoms with Gasteiger partial charge in [-0.25, -0.2) is 0 Å². The summed E-state index contributed by atoms with van der Waals surface area (Å²) in [4.78, 5) is 0. The fourth-order valence-electron chi connectivity index (χ4n) is 3.18. The fraction of sp³-hybridized carbons (Fsp3) is 1.00. The predicted octanol–water partition coefficient (Wildman–Crippen LogP) is 3.50. The molecular weight excluding hydrogens is 222 g/mol. The van der Waals surface area contributed by atoms with Crippen molar-refractivity contribution in [2.24, 2.45) is 11.8 Å². The summed E-state index contributed by atoms with van der Waals surface area (Å²) in [5.74, 6) is 1.86. The quantitative estimate of drug-likeness (QED) is 0.747. The molecule has 1 N–H and O–H groups in total. The highest BCUT2D eigenvalue weighted by molar-refractivity contribution is 4.93. The summed E-state index contributed by atoms with van der Waals surface area (Å²) in [6.07, 6.45) is 12.3. The number of rotatable bonds is 7. The normalized spacial score (nSPS) is 36.8. The van der Waals surface area contributed by atoms with Crippen LogP contribution in [0.3, 0.4) is 0 Å². The van der Waals surface area contributed by atoms with Gasteiger partial charge in [0.15, 0.2) is 0 Å². The Bertz CT molecular complexity index is 244. The molecule has 3 aliphatic carbocycles. The molecule has 0 atom stereocenters. The second kappa shape index (κ2) is 5.50. The van der Waals surface area contributed by atoms with Gasteiger partial charge in [0.2, 0.25) is 0 Å². The molecule has 0 unspecified atom stereocenters. The molecule has 0 spiro atoms. The second-order valence-electron chi connectivity index (χ2n) is 6.94. The lowest BCUT2D eigenvalue weighted by atomic mass is 9.77. The van der Waals surface area contributed by atoms with Crippen LogP contribution in [-0.2, 0) is 4.74 Å². The first-order chi connectivity index (χ1) is 8.80. The Hall–Kier alpha value is -0.0800. The van der Waals surface area contributed by atoms with Crippen molar-refractivity contribution in [1.29, 1.82) is 0 Å². The minimum absolute atomic E-state index is 0.191. The Morgan fingerprint density at radius 1 is 1.00 bits per heavy atom. The number of hydrogen-bond acceptors (Lipinski definition) is 2. The van der Waals surface area contributed by atoms with Crippen molar-refractivity contribution in [1.82, 2.24) is 5.32 Å². The Kier molecular flexibility index (Phi) is 3.95. The van der Waals surface area contributed by atoms with Crippen LogP contribution in [0.2, 0.25) is 0 Å². The average Bonchev–Trinajstić information content (AvgIpc) is 3.30. The van der Waals surface area contributed by atoms with Gasteiger partial charge in [0.1, 0.15) is 0 Å². The molecule has 0 radical (unpaired) electrons. The maximum atomic E-state index is 6.40. The molecule has 0 saturated heterocycles. The molecule has 3 fully saturated rings. The van der Waals surface area contributed by atoms with Gasteiger partial charge in [-0.05, 0) is 63.2 Å². The highest BCUT2D eigenvalue weighted by atomic mass is 16.5. The van der Waals surface area contributed by atoms with Gasteiger partial charge in [-0.3, -0.25) is 0 Å². The molecule has 2 nitrogen and oxygen atoms in total. The van der Waals surface area contributed by atoms with Gasteiger partial charge in [0.05, 0.1) is 12.2 Å². The first-order valence-corrected chi connectivity index (χ1v) is 8.17. The Morgan fingerprint density at radius 3 is 2.28 bits per heavy atom. The van der Waals surface area contributed by atoms with E-state index in [1.165, 1.54) is 57.8 Å². The van der Waals surface area contributed by atoms with Crippen molar-refractivity contribution in [3.05, 3.63) is 0 Å². The summed E-state index contributed by atoms with van der Waals surface area (Å²) in [6, 6.07) is 0.815. The van der Waals surface area contributed by atoms with Gasteiger partial charge >= 0.3 is 0 Å². The third kappa shape index (κ3) is 3.48. The minimum atomic E-state index is 0.191. The number of ether oxygens (including phenoxy) is 1. The van der Waals surface area contributed by atoms with Crippen LogP contribution in [0.4, 0.5) is 0 Å². The molecular formula is C16H29NO. The zero-order valence-electron chi connectivity index (χ0n) is 11.9. The van der Waals surface area contributed by atoms with E-state index in [9.17, 15) is 0 Å². The highest BCUT2D eigenvalue weighted by Crippen LogP contribution is 2.39. The van der Waals surface area contributed by atoms with Crippen molar-refractivity contribution >= 4 is 0 Å². The highest BCUT2D eigenvalue weighted by Gasteiger charge is 2.38. The largest absolute Gasteiger partial charge is 0.373 e. The molecule has 0 aliphatic heterocycles. The van der Waals surface area contributed by atoms with Crippen molar-refractivity contribution in [2.45, 2.75) is 76.4 Å². The van der Waals surface area contributed by atoms with Crippen LogP contribution in [0.5, 0.6) is 0 Å². The molecule has 0 aromatic heterocycles. The summed E-state index contributed by atoms with van der Waals surface area (Å²) in [6.45, 7) is 4.48. The van der Waals surface area contributed by atoms with Gasteiger partial charge in [-0.2, -0.15) is 0 Å². The van der Waals surface area contributed by atoms with Crippen LogP contribution < -0.4 is 5.32 Å². The van der Waals surface area contributed by atoms with E-state index in [1.54, 1.807) is 0 Å². The first-order valence-electron chi connectivity index (χ1n) is 8.17. The van der Waals surface area contributed by atoms with E-state index >= 15 is 0 Å². The average molecular weight is 251 g/mol. The Labute approximate surface area is 112 Å². The van der Waals surface area contributed by atoms with Crippen LogP contribution in [0.15, 0.2) is 0 Å². The van der Waals surface area contributed by atoms with Gasteiger partial charge in [-0.1, -0.05) is 13.3 Å². The maximum absolute atomic E-state index is 6.40. The van der Waals surface area contributed by atoms with Crippen molar-refractivity contribution in [3.63, 3.8) is 0 Å². The van der Waals surface area contributed by atoms with Crippen LogP contribution in [0.25, 0.3) is 0 Å². The van der Waals surface area contributed by atoms with Crippen LogP contribution in [-0.4, -0.2) is 24.8 Å². The van der Waals surface area contributed by atoms with Crippen molar-refractivity contribution < 1.29 is 4.74 Å². The Morgan fingerprint density at radius 2 is 1.72 bits per heavy atom. The van der Waals surface area contributed by atoms with E-state index in [4.69, 9.17) is 4.74 Å². The van der Waals surface area contributed by atoms with E-state index in [-0.39, 0.29) is 5.60 Å². The molecule has 0 aromatic carbocycles. The van der Waals surface area contributed by atoms with Gasteiger partial charge < -0.3 is 10.1 Å². The van der Waals surface area contributed by atoms with Gasteiger partial charge in [0, 0.05) is 12.6 Å². The lowest BCUT2D eigenvalue weighted by molar-refractivity contribution is -0.0808. The standard InChI is InChI=1S/C16H29NO/c1-2-13-7-9-16(10-8-13,12-17-15-5-6-15)18-11-14-3-4-14/h13-15,17H,2-12H2,1H3. The van der Waals surface area contributed by atoms with Crippen molar-refractivity contribution in [2.75, 3.05) is 13.2 Å².